The molecular formula is C21H18ClFN4S2. The molecule has 29 heavy (non-hydrogen) atoms. The van der Waals surface area contributed by atoms with E-state index >= 15 is 0 Å². The number of aromatic nitrogens is 2. The third kappa shape index (κ3) is 3.64. The third-order valence-corrected chi connectivity index (χ3v) is 7.40. The Labute approximate surface area is 181 Å². The summed E-state index contributed by atoms with van der Waals surface area (Å²) in [6, 6.07) is 9.07. The first-order chi connectivity index (χ1) is 14.2. The lowest BCUT2D eigenvalue weighted by Crippen LogP contribution is -2.46. The van der Waals surface area contributed by atoms with Gasteiger partial charge < -0.3 is 4.90 Å². The minimum absolute atomic E-state index is 0.240. The van der Waals surface area contributed by atoms with Crippen LogP contribution in [0.5, 0.6) is 0 Å². The van der Waals surface area contributed by atoms with E-state index in [1.165, 1.54) is 16.5 Å². The molecule has 1 aliphatic rings. The zero-order chi connectivity index (χ0) is 19.8. The zero-order valence-electron chi connectivity index (χ0n) is 15.5. The Morgan fingerprint density at radius 3 is 2.66 bits per heavy atom. The van der Waals surface area contributed by atoms with Crippen molar-refractivity contribution in [3.63, 3.8) is 0 Å². The van der Waals surface area contributed by atoms with Crippen LogP contribution in [-0.4, -0.2) is 41.0 Å². The molecule has 0 spiro atoms. The molecule has 4 aromatic rings. The first kappa shape index (κ1) is 18.9. The molecule has 1 aromatic carbocycles. The maximum Gasteiger partial charge on any atom is 0.141 e. The van der Waals surface area contributed by atoms with E-state index in [1.807, 2.05) is 0 Å². The van der Waals surface area contributed by atoms with Gasteiger partial charge in [0.05, 0.1) is 5.39 Å². The molecule has 4 nitrogen and oxygen atoms in total. The number of hydrogen-bond acceptors (Lipinski definition) is 6. The molecule has 8 heteroatoms. The summed E-state index contributed by atoms with van der Waals surface area (Å²) >= 11 is 9.59. The van der Waals surface area contributed by atoms with Crippen molar-refractivity contribution >= 4 is 50.3 Å². The Balaban J connectivity index is 1.37. The van der Waals surface area contributed by atoms with Crippen LogP contribution in [0.4, 0.5) is 10.2 Å². The Morgan fingerprint density at radius 2 is 1.90 bits per heavy atom. The minimum Gasteiger partial charge on any atom is -0.353 e. The number of piperazine rings is 1. The molecule has 4 heterocycles. The van der Waals surface area contributed by atoms with Gasteiger partial charge in [0.15, 0.2) is 0 Å². The van der Waals surface area contributed by atoms with E-state index in [-0.39, 0.29) is 5.82 Å². The molecule has 0 N–H and O–H groups in total. The van der Waals surface area contributed by atoms with Crippen LogP contribution in [0.1, 0.15) is 5.56 Å². The molecule has 0 amide bonds. The number of thiophene rings is 2. The molecule has 0 atom stereocenters. The highest BCUT2D eigenvalue weighted by Crippen LogP contribution is 2.39. The monoisotopic (exact) mass is 444 g/mol. The van der Waals surface area contributed by atoms with Crippen LogP contribution in [0.2, 0.25) is 5.02 Å². The van der Waals surface area contributed by atoms with E-state index in [2.05, 4.69) is 42.7 Å². The minimum atomic E-state index is -0.240. The van der Waals surface area contributed by atoms with Gasteiger partial charge in [-0.05, 0) is 23.6 Å². The number of halogens is 2. The molecule has 5 rings (SSSR count). The highest BCUT2D eigenvalue weighted by Gasteiger charge is 2.23. The second-order valence-corrected chi connectivity index (χ2v) is 9.18. The van der Waals surface area contributed by atoms with Gasteiger partial charge in [0.25, 0.3) is 0 Å². The van der Waals surface area contributed by atoms with Crippen molar-refractivity contribution in [1.82, 2.24) is 14.9 Å². The lowest BCUT2D eigenvalue weighted by molar-refractivity contribution is 0.246. The fraction of sp³-hybridized carbons (Fsp3) is 0.238. The number of anilines is 1. The van der Waals surface area contributed by atoms with E-state index in [1.54, 1.807) is 41.1 Å². The van der Waals surface area contributed by atoms with Crippen molar-refractivity contribution in [3.05, 3.63) is 63.8 Å². The second kappa shape index (κ2) is 7.99. The smallest absolute Gasteiger partial charge is 0.141 e. The first-order valence-corrected chi connectivity index (χ1v) is 11.5. The summed E-state index contributed by atoms with van der Waals surface area (Å²) in [6.07, 6.45) is 1.65. The average molecular weight is 445 g/mol. The van der Waals surface area contributed by atoms with Crippen LogP contribution in [0, 0.1) is 5.82 Å². The molecular weight excluding hydrogens is 427 g/mol. The number of hydrogen-bond donors (Lipinski definition) is 0. The summed E-state index contributed by atoms with van der Waals surface area (Å²) in [6.45, 7) is 3.84. The van der Waals surface area contributed by atoms with Crippen LogP contribution in [0.25, 0.3) is 20.7 Å². The van der Waals surface area contributed by atoms with Gasteiger partial charge in [-0.2, -0.15) is 0 Å². The Morgan fingerprint density at radius 1 is 1.03 bits per heavy atom. The van der Waals surface area contributed by atoms with Crippen LogP contribution in [-0.2, 0) is 6.54 Å². The van der Waals surface area contributed by atoms with Gasteiger partial charge in [0.1, 0.15) is 22.8 Å². The molecule has 0 bridgehead atoms. The van der Waals surface area contributed by atoms with Crippen molar-refractivity contribution in [2.45, 2.75) is 6.54 Å². The molecule has 148 valence electrons. The molecule has 1 saturated heterocycles. The summed E-state index contributed by atoms with van der Waals surface area (Å²) in [5.74, 6) is 0.750. The van der Waals surface area contributed by atoms with E-state index in [4.69, 9.17) is 11.6 Å². The van der Waals surface area contributed by atoms with Crippen molar-refractivity contribution in [1.29, 1.82) is 0 Å². The largest absolute Gasteiger partial charge is 0.353 e. The number of fused-ring (bicyclic) bond motifs is 1. The summed E-state index contributed by atoms with van der Waals surface area (Å²) in [7, 11) is 0. The van der Waals surface area contributed by atoms with Gasteiger partial charge >= 0.3 is 0 Å². The quantitative estimate of drug-likeness (QED) is 0.414. The van der Waals surface area contributed by atoms with Gasteiger partial charge in [-0.1, -0.05) is 23.7 Å². The van der Waals surface area contributed by atoms with Crippen molar-refractivity contribution < 1.29 is 4.39 Å². The molecule has 0 radical (unpaired) electrons. The van der Waals surface area contributed by atoms with Gasteiger partial charge in [0, 0.05) is 59.1 Å². The zero-order valence-corrected chi connectivity index (χ0v) is 17.9. The molecule has 1 fully saturated rings. The van der Waals surface area contributed by atoms with Gasteiger partial charge in [-0.25, -0.2) is 14.4 Å². The van der Waals surface area contributed by atoms with Crippen LogP contribution in [0.3, 0.4) is 0 Å². The van der Waals surface area contributed by atoms with Crippen LogP contribution < -0.4 is 4.90 Å². The predicted octanol–water partition coefficient (Wildman–Crippen LogP) is 5.53. The second-order valence-electron chi connectivity index (χ2n) is 6.97. The van der Waals surface area contributed by atoms with Gasteiger partial charge in [-0.15, -0.1) is 22.7 Å². The van der Waals surface area contributed by atoms with E-state index in [0.29, 0.717) is 17.1 Å². The van der Waals surface area contributed by atoms with Crippen molar-refractivity contribution in [3.8, 4) is 10.4 Å². The normalized spacial score (nSPS) is 15.3. The average Bonchev–Trinajstić information content (AvgIpc) is 3.41. The fourth-order valence-electron chi connectivity index (χ4n) is 3.74. The summed E-state index contributed by atoms with van der Waals surface area (Å²) in [5, 5.41) is 5.88. The Hall–Kier alpha value is -2.06. The van der Waals surface area contributed by atoms with Crippen LogP contribution in [0.15, 0.2) is 47.4 Å². The maximum atomic E-state index is 14.1. The molecule has 1 aliphatic heterocycles. The van der Waals surface area contributed by atoms with Crippen LogP contribution >= 0.6 is 34.3 Å². The summed E-state index contributed by atoms with van der Waals surface area (Å²) in [5.41, 5.74) is 1.78. The molecule has 0 unspecified atom stereocenters. The predicted molar refractivity (Wildman–Crippen MR) is 120 cm³/mol. The topological polar surface area (TPSA) is 32.3 Å². The van der Waals surface area contributed by atoms with Crippen molar-refractivity contribution in [2.75, 3.05) is 31.1 Å². The highest BCUT2D eigenvalue weighted by atomic mass is 35.5. The van der Waals surface area contributed by atoms with E-state index in [0.717, 1.165) is 42.2 Å². The molecule has 0 saturated carbocycles. The number of benzene rings is 1. The Kier molecular flexibility index (Phi) is 5.22. The van der Waals surface area contributed by atoms with E-state index in [9.17, 15) is 4.39 Å². The Bertz CT molecular complexity index is 1120. The lowest BCUT2D eigenvalue weighted by Gasteiger charge is -2.35. The molecule has 3 aromatic heterocycles. The summed E-state index contributed by atoms with van der Waals surface area (Å²) in [4.78, 5) is 15.9. The standard InChI is InChI=1S/C21H18ClFN4S2/c22-16-3-1-4-17(23)14(16)11-26-6-8-27(9-7-26)20-19-15(18-5-2-10-28-18)12-29-21(19)25-13-24-20/h1-5,10,12-13H,6-9,11H2. The molecule has 0 aliphatic carbocycles. The fourth-order valence-corrected chi connectivity index (χ4v) is 5.68. The summed E-state index contributed by atoms with van der Waals surface area (Å²) < 4.78 is 14.1. The van der Waals surface area contributed by atoms with E-state index < -0.39 is 0 Å². The number of nitrogens with zero attached hydrogens (tertiary/aromatic N) is 4. The van der Waals surface area contributed by atoms with Crippen molar-refractivity contribution in [2.24, 2.45) is 0 Å². The maximum absolute atomic E-state index is 14.1. The first-order valence-electron chi connectivity index (χ1n) is 9.37. The highest BCUT2D eigenvalue weighted by molar-refractivity contribution is 7.18. The van der Waals surface area contributed by atoms with Gasteiger partial charge in [-0.3, -0.25) is 4.90 Å². The lowest BCUT2D eigenvalue weighted by atomic mass is 10.1. The number of rotatable bonds is 4. The SMILES string of the molecule is Fc1cccc(Cl)c1CN1CCN(c2ncnc3scc(-c4cccs4)c23)CC1. The van der Waals surface area contributed by atoms with Gasteiger partial charge in [0.2, 0.25) is 0 Å². The third-order valence-electron chi connectivity index (χ3n) is 5.25.